The fourth-order valence-corrected chi connectivity index (χ4v) is 3.28. The van der Waals surface area contributed by atoms with Crippen molar-refractivity contribution in [2.75, 3.05) is 6.54 Å². The molecule has 1 aromatic rings. The normalized spacial score (nSPS) is 20.7. The van der Waals surface area contributed by atoms with Gasteiger partial charge >= 0.3 is 5.97 Å². The Kier molecular flexibility index (Phi) is 6.05. The molecule has 0 aromatic heterocycles. The summed E-state index contributed by atoms with van der Waals surface area (Å²) in [6, 6.07) is 9.61. The lowest BCUT2D eigenvalue weighted by atomic mass is 9.84. The van der Waals surface area contributed by atoms with E-state index in [1.54, 1.807) is 11.8 Å². The number of amides is 2. The Labute approximate surface area is 154 Å². The Morgan fingerprint density at radius 2 is 1.88 bits per heavy atom. The van der Waals surface area contributed by atoms with Gasteiger partial charge in [-0.05, 0) is 25.3 Å². The Morgan fingerprint density at radius 3 is 2.42 bits per heavy atom. The maximum absolute atomic E-state index is 12.7. The predicted molar refractivity (Wildman–Crippen MR) is 98.3 cm³/mol. The zero-order chi connectivity index (χ0) is 19.5. The molecule has 2 amide bonds. The summed E-state index contributed by atoms with van der Waals surface area (Å²) in [5.74, 6) is -1.76. The first-order valence-electron chi connectivity index (χ1n) is 9.02. The average molecular weight is 360 g/mol. The van der Waals surface area contributed by atoms with Gasteiger partial charge in [-0.1, -0.05) is 44.2 Å². The molecule has 26 heavy (non-hydrogen) atoms. The first-order valence-corrected chi connectivity index (χ1v) is 9.02. The third kappa shape index (κ3) is 4.42. The van der Waals surface area contributed by atoms with Crippen molar-refractivity contribution in [3.8, 4) is 0 Å². The van der Waals surface area contributed by atoms with Crippen LogP contribution in [0.1, 0.15) is 52.1 Å². The van der Waals surface area contributed by atoms with Crippen LogP contribution in [0.25, 0.3) is 0 Å². The van der Waals surface area contributed by atoms with Crippen LogP contribution in [-0.4, -0.2) is 39.9 Å². The van der Waals surface area contributed by atoms with Crippen LogP contribution in [0.4, 0.5) is 0 Å². The summed E-state index contributed by atoms with van der Waals surface area (Å²) in [4.78, 5) is 38.0. The van der Waals surface area contributed by atoms with Crippen LogP contribution in [0.15, 0.2) is 30.3 Å². The summed E-state index contributed by atoms with van der Waals surface area (Å²) in [6.45, 7) is 7.81. The van der Waals surface area contributed by atoms with Crippen molar-refractivity contribution in [3.05, 3.63) is 35.9 Å². The van der Waals surface area contributed by atoms with Gasteiger partial charge in [0, 0.05) is 18.5 Å². The highest BCUT2D eigenvalue weighted by atomic mass is 16.4. The number of carbonyl (C=O) groups is 3. The van der Waals surface area contributed by atoms with Gasteiger partial charge in [0.1, 0.15) is 0 Å². The molecule has 1 heterocycles. The van der Waals surface area contributed by atoms with Gasteiger partial charge < -0.3 is 15.3 Å². The van der Waals surface area contributed by atoms with Crippen molar-refractivity contribution in [2.24, 2.45) is 11.8 Å². The van der Waals surface area contributed by atoms with Crippen molar-refractivity contribution in [1.29, 1.82) is 0 Å². The number of hydrogen-bond donors (Lipinski definition) is 2. The number of rotatable bonds is 7. The molecule has 2 rings (SSSR count). The van der Waals surface area contributed by atoms with Gasteiger partial charge in [0.05, 0.1) is 18.4 Å². The first-order chi connectivity index (χ1) is 12.1. The Morgan fingerprint density at radius 1 is 1.27 bits per heavy atom. The minimum absolute atomic E-state index is 0.0426. The molecule has 3 unspecified atom stereocenters. The molecule has 1 saturated heterocycles. The lowest BCUT2D eigenvalue weighted by Gasteiger charge is -2.34. The standard InChI is InChI=1S/C20H28N2O4/c1-13(2)20(4,11-18(24)25)21-19(26)16-10-17(23)22(12-16)14(3)15-8-6-5-7-9-15/h5-9,13-14,16H,10-12H2,1-4H3,(H,21,26)(H,24,25). The number of likely N-dealkylation sites (tertiary alicyclic amines) is 1. The van der Waals surface area contributed by atoms with Gasteiger partial charge in [0.2, 0.25) is 11.8 Å². The second-order valence-corrected chi connectivity index (χ2v) is 7.67. The number of nitrogens with one attached hydrogen (secondary N) is 1. The van der Waals surface area contributed by atoms with Crippen LogP contribution >= 0.6 is 0 Å². The van der Waals surface area contributed by atoms with Crippen molar-refractivity contribution in [2.45, 2.75) is 52.1 Å². The average Bonchev–Trinajstić information content (AvgIpc) is 2.96. The van der Waals surface area contributed by atoms with E-state index in [1.165, 1.54) is 0 Å². The van der Waals surface area contributed by atoms with E-state index in [2.05, 4.69) is 5.32 Å². The van der Waals surface area contributed by atoms with Crippen molar-refractivity contribution in [3.63, 3.8) is 0 Å². The van der Waals surface area contributed by atoms with Crippen LogP contribution in [0.5, 0.6) is 0 Å². The van der Waals surface area contributed by atoms with Gasteiger partial charge in [-0.3, -0.25) is 14.4 Å². The Balaban J connectivity index is 2.07. The molecule has 6 nitrogen and oxygen atoms in total. The van der Waals surface area contributed by atoms with Gasteiger partial charge in [0.25, 0.3) is 0 Å². The molecule has 0 saturated carbocycles. The van der Waals surface area contributed by atoms with Crippen LogP contribution in [0.3, 0.4) is 0 Å². The monoisotopic (exact) mass is 360 g/mol. The van der Waals surface area contributed by atoms with E-state index in [0.29, 0.717) is 6.54 Å². The highest BCUT2D eigenvalue weighted by molar-refractivity contribution is 5.90. The molecule has 3 atom stereocenters. The summed E-state index contributed by atoms with van der Waals surface area (Å²) in [6.07, 6.45) is 0.00542. The first kappa shape index (κ1) is 19.9. The SMILES string of the molecule is CC(c1ccccc1)N1CC(C(=O)NC(C)(CC(=O)O)C(C)C)CC1=O. The molecular formula is C20H28N2O4. The minimum atomic E-state index is -0.955. The minimum Gasteiger partial charge on any atom is -0.481 e. The molecule has 1 fully saturated rings. The molecule has 1 aliphatic rings. The van der Waals surface area contributed by atoms with E-state index in [4.69, 9.17) is 5.11 Å². The quantitative estimate of drug-likeness (QED) is 0.782. The fraction of sp³-hybridized carbons (Fsp3) is 0.550. The molecule has 0 aliphatic carbocycles. The molecule has 0 bridgehead atoms. The summed E-state index contributed by atoms with van der Waals surface area (Å²) >= 11 is 0. The fourth-order valence-electron chi connectivity index (χ4n) is 3.28. The number of carboxylic acids is 1. The largest absolute Gasteiger partial charge is 0.481 e. The number of nitrogens with zero attached hydrogens (tertiary/aromatic N) is 1. The van der Waals surface area contributed by atoms with Gasteiger partial charge in [0.15, 0.2) is 0 Å². The zero-order valence-corrected chi connectivity index (χ0v) is 15.9. The molecule has 0 radical (unpaired) electrons. The third-order valence-electron chi connectivity index (χ3n) is 5.48. The van der Waals surface area contributed by atoms with E-state index >= 15 is 0 Å². The van der Waals surface area contributed by atoms with Crippen LogP contribution in [0, 0.1) is 11.8 Å². The van der Waals surface area contributed by atoms with E-state index in [-0.39, 0.29) is 36.6 Å². The summed E-state index contributed by atoms with van der Waals surface area (Å²) in [5.41, 5.74) is 0.185. The molecule has 6 heteroatoms. The zero-order valence-electron chi connectivity index (χ0n) is 15.9. The van der Waals surface area contributed by atoms with Crippen molar-refractivity contribution >= 4 is 17.8 Å². The topological polar surface area (TPSA) is 86.7 Å². The van der Waals surface area contributed by atoms with Crippen LogP contribution < -0.4 is 5.32 Å². The Bertz CT molecular complexity index is 674. The second kappa shape index (κ2) is 7.89. The third-order valence-corrected chi connectivity index (χ3v) is 5.48. The highest BCUT2D eigenvalue weighted by Crippen LogP contribution is 2.29. The molecule has 0 spiro atoms. The smallest absolute Gasteiger partial charge is 0.305 e. The maximum Gasteiger partial charge on any atom is 0.305 e. The highest BCUT2D eigenvalue weighted by Gasteiger charge is 2.40. The molecule has 142 valence electrons. The molecule has 2 N–H and O–H groups in total. The lowest BCUT2D eigenvalue weighted by molar-refractivity contribution is -0.140. The molecule has 1 aliphatic heterocycles. The number of aliphatic carboxylic acids is 1. The molecular weight excluding hydrogens is 332 g/mol. The summed E-state index contributed by atoms with van der Waals surface area (Å²) < 4.78 is 0. The number of hydrogen-bond acceptors (Lipinski definition) is 3. The van der Waals surface area contributed by atoms with E-state index in [0.717, 1.165) is 5.56 Å². The van der Waals surface area contributed by atoms with E-state index < -0.39 is 17.4 Å². The van der Waals surface area contributed by atoms with Gasteiger partial charge in [-0.2, -0.15) is 0 Å². The number of benzene rings is 1. The van der Waals surface area contributed by atoms with Crippen LogP contribution in [0.2, 0.25) is 0 Å². The van der Waals surface area contributed by atoms with Crippen LogP contribution in [-0.2, 0) is 14.4 Å². The van der Waals surface area contributed by atoms with Gasteiger partial charge in [-0.25, -0.2) is 0 Å². The van der Waals surface area contributed by atoms with Crippen molar-refractivity contribution in [1.82, 2.24) is 10.2 Å². The van der Waals surface area contributed by atoms with E-state index in [9.17, 15) is 14.4 Å². The van der Waals surface area contributed by atoms with Gasteiger partial charge in [-0.15, -0.1) is 0 Å². The Hall–Kier alpha value is -2.37. The molecule has 1 aromatic carbocycles. The maximum atomic E-state index is 12.7. The summed E-state index contributed by atoms with van der Waals surface area (Å²) in [7, 11) is 0. The second-order valence-electron chi connectivity index (χ2n) is 7.67. The number of carbonyl (C=O) groups excluding carboxylic acids is 2. The predicted octanol–water partition coefficient (Wildman–Crippen LogP) is 2.60. The summed E-state index contributed by atoms with van der Waals surface area (Å²) in [5, 5.41) is 12.0. The van der Waals surface area contributed by atoms with E-state index in [1.807, 2.05) is 51.1 Å². The number of carboxylic acid groups (broad SMARTS) is 1. The lowest BCUT2D eigenvalue weighted by Crippen LogP contribution is -2.53. The van der Waals surface area contributed by atoms with Crippen molar-refractivity contribution < 1.29 is 19.5 Å².